The Balaban J connectivity index is 2.86. The first-order chi connectivity index (χ1) is 9.99. The summed E-state index contributed by atoms with van der Waals surface area (Å²) < 4.78 is 13.8. The van der Waals surface area contributed by atoms with Crippen molar-refractivity contribution < 1.29 is 19.1 Å². The van der Waals surface area contributed by atoms with Gasteiger partial charge in [-0.15, -0.1) is 0 Å². The first-order valence-corrected chi connectivity index (χ1v) is 6.35. The van der Waals surface area contributed by atoms with E-state index in [1.54, 1.807) is 0 Å². The number of likely N-dealkylation sites (N-methyl/N-ethyl adjacent to an activating group) is 2. The maximum absolute atomic E-state index is 13.8. The van der Waals surface area contributed by atoms with Crippen molar-refractivity contribution in [3.8, 4) is 11.8 Å². The molecule has 0 aliphatic carbocycles. The second-order valence-electron chi connectivity index (χ2n) is 4.30. The third-order valence-electron chi connectivity index (χ3n) is 2.68. The van der Waals surface area contributed by atoms with Gasteiger partial charge in [-0.2, -0.15) is 0 Å². The fourth-order valence-electron chi connectivity index (χ4n) is 1.55. The Kier molecular flexibility index (Phi) is 6.37. The van der Waals surface area contributed by atoms with Gasteiger partial charge in [0.2, 0.25) is 5.91 Å². The molecule has 5 nitrogen and oxygen atoms in total. The van der Waals surface area contributed by atoms with Crippen molar-refractivity contribution >= 4 is 11.8 Å². The maximum Gasteiger partial charge on any atom is 0.254 e. The van der Waals surface area contributed by atoms with Crippen molar-refractivity contribution in [2.45, 2.75) is 6.42 Å². The molecule has 1 aromatic carbocycles. The van der Waals surface area contributed by atoms with E-state index in [2.05, 4.69) is 17.2 Å². The van der Waals surface area contributed by atoms with E-state index in [0.29, 0.717) is 0 Å². The highest BCUT2D eigenvalue weighted by Gasteiger charge is 2.15. The normalized spacial score (nSPS) is 9.52. The van der Waals surface area contributed by atoms with Gasteiger partial charge in [-0.3, -0.25) is 9.59 Å². The van der Waals surface area contributed by atoms with Crippen LogP contribution in [0.3, 0.4) is 0 Å². The third kappa shape index (κ3) is 4.89. The number of amides is 2. The summed E-state index contributed by atoms with van der Waals surface area (Å²) in [7, 11) is 2.94. The number of carbonyl (C=O) groups excluding carboxylic acids is 2. The minimum absolute atomic E-state index is 0.0878. The van der Waals surface area contributed by atoms with Crippen LogP contribution in [0.4, 0.5) is 4.39 Å². The summed E-state index contributed by atoms with van der Waals surface area (Å²) in [5.74, 6) is 3.82. The Morgan fingerprint density at radius 3 is 2.71 bits per heavy atom. The Bertz CT molecular complexity index is 590. The molecule has 21 heavy (non-hydrogen) atoms. The zero-order valence-corrected chi connectivity index (χ0v) is 11.9. The van der Waals surface area contributed by atoms with Crippen molar-refractivity contribution in [3.63, 3.8) is 0 Å². The van der Waals surface area contributed by atoms with E-state index < -0.39 is 11.7 Å². The van der Waals surface area contributed by atoms with Crippen molar-refractivity contribution in [1.29, 1.82) is 0 Å². The molecule has 0 unspecified atom stereocenters. The number of benzene rings is 1. The molecule has 1 rings (SSSR count). The monoisotopic (exact) mass is 292 g/mol. The van der Waals surface area contributed by atoms with Crippen LogP contribution in [0.5, 0.6) is 0 Å². The van der Waals surface area contributed by atoms with E-state index in [1.165, 1.54) is 31.1 Å². The molecule has 2 amide bonds. The lowest BCUT2D eigenvalue weighted by Gasteiger charge is -2.16. The number of hydrogen-bond donors (Lipinski definition) is 2. The molecule has 0 atom stereocenters. The van der Waals surface area contributed by atoms with E-state index in [-0.39, 0.29) is 36.6 Å². The molecule has 2 N–H and O–H groups in total. The Morgan fingerprint density at radius 2 is 2.14 bits per heavy atom. The van der Waals surface area contributed by atoms with Crippen molar-refractivity contribution in [3.05, 3.63) is 35.1 Å². The molecule has 0 radical (unpaired) electrons. The quantitative estimate of drug-likeness (QED) is 0.788. The number of nitrogens with one attached hydrogen (secondary N) is 1. The fraction of sp³-hybridized carbons (Fsp3) is 0.333. The molecule has 0 aliphatic heterocycles. The lowest BCUT2D eigenvalue weighted by molar-refractivity contribution is -0.121. The van der Waals surface area contributed by atoms with Crippen LogP contribution in [0.25, 0.3) is 0 Å². The number of aliphatic hydroxyl groups is 1. The molecule has 112 valence electrons. The lowest BCUT2D eigenvalue weighted by atomic mass is 10.1. The fourth-order valence-corrected chi connectivity index (χ4v) is 1.55. The summed E-state index contributed by atoms with van der Waals surface area (Å²) in [4.78, 5) is 24.4. The van der Waals surface area contributed by atoms with Crippen LogP contribution < -0.4 is 5.32 Å². The molecular formula is C15H17FN2O3. The van der Waals surface area contributed by atoms with Crippen LogP contribution in [0.2, 0.25) is 0 Å². The summed E-state index contributed by atoms with van der Waals surface area (Å²) in [6.45, 7) is -0.190. The molecule has 6 heteroatoms. The molecule has 0 spiro atoms. The number of halogens is 1. The van der Waals surface area contributed by atoms with Gasteiger partial charge >= 0.3 is 0 Å². The first kappa shape index (κ1) is 16.7. The highest BCUT2D eigenvalue weighted by atomic mass is 19.1. The minimum Gasteiger partial charge on any atom is -0.395 e. The molecule has 0 heterocycles. The van der Waals surface area contributed by atoms with E-state index in [4.69, 9.17) is 5.11 Å². The van der Waals surface area contributed by atoms with E-state index in [9.17, 15) is 14.0 Å². The summed E-state index contributed by atoms with van der Waals surface area (Å²) in [5.41, 5.74) is 0.306. The molecule has 0 bridgehead atoms. The highest BCUT2D eigenvalue weighted by Crippen LogP contribution is 2.11. The standard InChI is InChI=1S/C15H17FN2O3/c1-17-14(20)10-18(2)15(21)12-7-6-11(13(16)9-12)5-3-4-8-19/h6-7,9,19H,4,8,10H2,1-2H3,(H,17,20). The predicted molar refractivity (Wildman–Crippen MR) is 76.0 cm³/mol. The molecule has 0 saturated carbocycles. The molecule has 1 aromatic rings. The number of rotatable bonds is 4. The summed E-state index contributed by atoms with van der Waals surface area (Å²) in [6.07, 6.45) is 0.259. The van der Waals surface area contributed by atoms with Crippen LogP contribution >= 0.6 is 0 Å². The second-order valence-corrected chi connectivity index (χ2v) is 4.30. The van der Waals surface area contributed by atoms with Gasteiger partial charge in [0.25, 0.3) is 5.91 Å². The highest BCUT2D eigenvalue weighted by molar-refractivity contribution is 5.96. The summed E-state index contributed by atoms with van der Waals surface area (Å²) >= 11 is 0. The van der Waals surface area contributed by atoms with Gasteiger partial charge in [0, 0.05) is 26.1 Å². The van der Waals surface area contributed by atoms with Gasteiger partial charge in [0.15, 0.2) is 0 Å². The molecule has 0 saturated heterocycles. The second kappa shape index (κ2) is 8.02. The summed E-state index contributed by atoms with van der Waals surface area (Å²) in [5, 5.41) is 11.0. The van der Waals surface area contributed by atoms with E-state index in [0.717, 1.165) is 6.07 Å². The largest absolute Gasteiger partial charge is 0.395 e. The lowest BCUT2D eigenvalue weighted by Crippen LogP contribution is -2.36. The minimum atomic E-state index is -0.611. The van der Waals surface area contributed by atoms with Crippen LogP contribution in [0.15, 0.2) is 18.2 Å². The molecule has 0 aliphatic rings. The van der Waals surface area contributed by atoms with Crippen LogP contribution in [-0.2, 0) is 4.79 Å². The SMILES string of the molecule is CNC(=O)CN(C)C(=O)c1ccc(C#CCCO)c(F)c1. The van der Waals surface area contributed by atoms with Gasteiger partial charge in [-0.05, 0) is 18.2 Å². The first-order valence-electron chi connectivity index (χ1n) is 6.35. The third-order valence-corrected chi connectivity index (χ3v) is 2.68. The van der Waals surface area contributed by atoms with Crippen molar-refractivity contribution in [1.82, 2.24) is 10.2 Å². The van der Waals surface area contributed by atoms with E-state index >= 15 is 0 Å². The smallest absolute Gasteiger partial charge is 0.254 e. The Morgan fingerprint density at radius 1 is 1.43 bits per heavy atom. The number of nitrogens with zero attached hydrogens (tertiary/aromatic N) is 1. The molecular weight excluding hydrogens is 275 g/mol. The maximum atomic E-state index is 13.8. The van der Waals surface area contributed by atoms with Crippen LogP contribution in [0, 0.1) is 17.7 Å². The average molecular weight is 292 g/mol. The topological polar surface area (TPSA) is 69.6 Å². The van der Waals surface area contributed by atoms with Gasteiger partial charge < -0.3 is 15.3 Å². The van der Waals surface area contributed by atoms with E-state index in [1.807, 2.05) is 0 Å². The molecule has 0 fully saturated rings. The van der Waals surface area contributed by atoms with Crippen LogP contribution in [-0.4, -0.2) is 49.1 Å². The number of aliphatic hydroxyl groups excluding tert-OH is 1. The van der Waals surface area contributed by atoms with Crippen LogP contribution in [0.1, 0.15) is 22.3 Å². The zero-order valence-electron chi connectivity index (χ0n) is 11.9. The van der Waals surface area contributed by atoms with Gasteiger partial charge in [-0.1, -0.05) is 11.8 Å². The average Bonchev–Trinajstić information content (AvgIpc) is 2.48. The number of hydrogen-bond acceptors (Lipinski definition) is 3. The summed E-state index contributed by atoms with van der Waals surface area (Å²) in [6, 6.07) is 3.95. The zero-order chi connectivity index (χ0) is 15.8. The van der Waals surface area contributed by atoms with Gasteiger partial charge in [0.1, 0.15) is 5.82 Å². The Hall–Kier alpha value is -2.39. The van der Waals surface area contributed by atoms with Crippen molar-refractivity contribution in [2.75, 3.05) is 27.2 Å². The van der Waals surface area contributed by atoms with Crippen molar-refractivity contribution in [2.24, 2.45) is 0 Å². The van der Waals surface area contributed by atoms with Gasteiger partial charge in [-0.25, -0.2) is 4.39 Å². The number of carbonyl (C=O) groups is 2. The predicted octanol–water partition coefficient (Wildman–Crippen LogP) is 0.378. The molecule has 0 aromatic heterocycles. The van der Waals surface area contributed by atoms with Gasteiger partial charge in [0.05, 0.1) is 18.7 Å². The Labute approximate surface area is 122 Å².